The van der Waals surface area contributed by atoms with Gasteiger partial charge in [0.25, 0.3) is 0 Å². The van der Waals surface area contributed by atoms with Gasteiger partial charge in [0, 0.05) is 19.3 Å². The molecule has 1 aromatic rings. The Morgan fingerprint density at radius 2 is 2.32 bits per heavy atom. The maximum absolute atomic E-state index is 11.0. The van der Waals surface area contributed by atoms with Gasteiger partial charge in [-0.05, 0) is 29.7 Å². The van der Waals surface area contributed by atoms with Crippen LogP contribution in [0.15, 0.2) is 24.4 Å². The maximum atomic E-state index is 11.0. The first-order valence-electron chi connectivity index (χ1n) is 6.44. The Hall–Kier alpha value is -1.72. The molecule has 0 aromatic carbocycles. The summed E-state index contributed by atoms with van der Waals surface area (Å²) in [5, 5.41) is 8.99. The van der Waals surface area contributed by atoms with E-state index in [-0.39, 0.29) is 5.69 Å². The largest absolute Gasteiger partial charge is 0.477 e. The Morgan fingerprint density at radius 3 is 3.00 bits per heavy atom. The molecular formula is C14H16N2O3. The summed E-state index contributed by atoms with van der Waals surface area (Å²) in [5.41, 5.74) is 2.24. The van der Waals surface area contributed by atoms with Crippen LogP contribution >= 0.6 is 0 Å². The molecule has 0 bridgehead atoms. The van der Waals surface area contributed by atoms with E-state index < -0.39 is 5.97 Å². The van der Waals surface area contributed by atoms with Crippen molar-refractivity contribution in [3.63, 3.8) is 0 Å². The number of hydrogen-bond donors (Lipinski definition) is 1. The molecule has 1 N–H and O–H groups in total. The summed E-state index contributed by atoms with van der Waals surface area (Å²) in [6, 6.07) is 4.04. The van der Waals surface area contributed by atoms with Gasteiger partial charge >= 0.3 is 5.97 Å². The molecule has 5 heteroatoms. The average molecular weight is 260 g/mol. The van der Waals surface area contributed by atoms with Gasteiger partial charge in [0.2, 0.25) is 0 Å². The number of hydrogen-bond acceptors (Lipinski definition) is 4. The molecule has 3 heterocycles. The fourth-order valence-corrected chi connectivity index (χ4v) is 2.47. The van der Waals surface area contributed by atoms with Crippen LogP contribution in [-0.2, 0) is 4.74 Å². The number of carboxylic acid groups (broad SMARTS) is 1. The zero-order chi connectivity index (χ0) is 13.2. The first kappa shape index (κ1) is 12.3. The van der Waals surface area contributed by atoms with E-state index in [2.05, 4.69) is 16.0 Å². The summed E-state index contributed by atoms with van der Waals surface area (Å²) in [5.74, 6) is -0.984. The molecule has 1 fully saturated rings. The number of rotatable bonds is 3. The Balaban J connectivity index is 1.79. The third kappa shape index (κ3) is 2.52. The highest BCUT2D eigenvalue weighted by Gasteiger charge is 2.27. The van der Waals surface area contributed by atoms with Crippen molar-refractivity contribution in [3.05, 3.63) is 35.7 Å². The Labute approximate surface area is 111 Å². The minimum atomic E-state index is -0.984. The molecule has 100 valence electrons. The standard InChI is InChI=1S/C14H16N2O3/c17-14(18)13-6-10(3-4-15-13)11-2-1-5-16(7-11)12-8-19-9-12/h2-4,6,12H,1,5,7-9H2,(H,17,18). The van der Waals surface area contributed by atoms with Gasteiger partial charge in [0.15, 0.2) is 0 Å². The zero-order valence-electron chi connectivity index (χ0n) is 10.6. The number of pyridine rings is 1. The summed E-state index contributed by atoms with van der Waals surface area (Å²) in [6.45, 7) is 3.53. The van der Waals surface area contributed by atoms with Gasteiger partial charge in [-0.25, -0.2) is 9.78 Å². The first-order valence-corrected chi connectivity index (χ1v) is 6.44. The van der Waals surface area contributed by atoms with Gasteiger partial charge in [-0.15, -0.1) is 0 Å². The second-order valence-corrected chi connectivity index (χ2v) is 4.91. The molecule has 1 saturated heterocycles. The Kier molecular flexibility index (Phi) is 3.31. The number of aromatic carboxylic acids is 1. The minimum Gasteiger partial charge on any atom is -0.477 e. The van der Waals surface area contributed by atoms with Crippen LogP contribution in [0.2, 0.25) is 0 Å². The lowest BCUT2D eigenvalue weighted by Crippen LogP contribution is -2.50. The Bertz CT molecular complexity index is 523. The molecule has 0 amide bonds. The topological polar surface area (TPSA) is 62.7 Å². The minimum absolute atomic E-state index is 0.0995. The molecule has 0 spiro atoms. The highest BCUT2D eigenvalue weighted by Crippen LogP contribution is 2.24. The lowest BCUT2D eigenvalue weighted by Gasteiger charge is -2.39. The van der Waals surface area contributed by atoms with Crippen molar-refractivity contribution in [2.75, 3.05) is 26.3 Å². The third-order valence-electron chi connectivity index (χ3n) is 3.67. The van der Waals surface area contributed by atoms with Gasteiger partial charge in [-0.2, -0.15) is 0 Å². The molecule has 2 aliphatic heterocycles. The van der Waals surface area contributed by atoms with Crippen molar-refractivity contribution in [3.8, 4) is 0 Å². The molecule has 0 saturated carbocycles. The number of carbonyl (C=O) groups is 1. The summed E-state index contributed by atoms with van der Waals surface area (Å²) >= 11 is 0. The van der Waals surface area contributed by atoms with E-state index in [9.17, 15) is 4.79 Å². The lowest BCUT2D eigenvalue weighted by atomic mass is 9.99. The molecule has 0 aliphatic carbocycles. The summed E-state index contributed by atoms with van der Waals surface area (Å²) in [7, 11) is 0. The van der Waals surface area contributed by atoms with Gasteiger partial charge in [-0.3, -0.25) is 4.90 Å². The number of ether oxygens (including phenoxy) is 1. The Morgan fingerprint density at radius 1 is 1.47 bits per heavy atom. The molecule has 3 rings (SSSR count). The lowest BCUT2D eigenvalue weighted by molar-refractivity contribution is -0.0607. The smallest absolute Gasteiger partial charge is 0.354 e. The van der Waals surface area contributed by atoms with Crippen LogP contribution in [0.1, 0.15) is 22.5 Å². The van der Waals surface area contributed by atoms with Crippen molar-refractivity contribution in [1.29, 1.82) is 0 Å². The fraction of sp³-hybridized carbons (Fsp3) is 0.429. The van der Waals surface area contributed by atoms with E-state index in [4.69, 9.17) is 9.84 Å². The van der Waals surface area contributed by atoms with E-state index in [0.717, 1.165) is 38.3 Å². The van der Waals surface area contributed by atoms with E-state index in [1.54, 1.807) is 12.3 Å². The maximum Gasteiger partial charge on any atom is 0.354 e. The zero-order valence-corrected chi connectivity index (χ0v) is 10.6. The summed E-state index contributed by atoms with van der Waals surface area (Å²) in [4.78, 5) is 17.2. The van der Waals surface area contributed by atoms with Crippen LogP contribution in [0.5, 0.6) is 0 Å². The summed E-state index contributed by atoms with van der Waals surface area (Å²) in [6.07, 6.45) is 4.75. The molecule has 2 aliphatic rings. The van der Waals surface area contributed by atoms with Crippen molar-refractivity contribution in [1.82, 2.24) is 9.88 Å². The molecule has 0 radical (unpaired) electrons. The van der Waals surface area contributed by atoms with Crippen LogP contribution < -0.4 is 0 Å². The molecular weight excluding hydrogens is 244 g/mol. The monoisotopic (exact) mass is 260 g/mol. The third-order valence-corrected chi connectivity index (χ3v) is 3.67. The normalized spacial score (nSPS) is 20.7. The van der Waals surface area contributed by atoms with Crippen LogP contribution in [0.3, 0.4) is 0 Å². The second-order valence-electron chi connectivity index (χ2n) is 4.91. The number of carboxylic acids is 1. The highest BCUT2D eigenvalue weighted by molar-refractivity contribution is 5.86. The summed E-state index contributed by atoms with van der Waals surface area (Å²) < 4.78 is 5.23. The molecule has 19 heavy (non-hydrogen) atoms. The van der Waals surface area contributed by atoms with Crippen molar-refractivity contribution >= 4 is 11.5 Å². The van der Waals surface area contributed by atoms with E-state index in [1.807, 2.05) is 6.07 Å². The first-order chi connectivity index (χ1) is 9.24. The van der Waals surface area contributed by atoms with E-state index >= 15 is 0 Å². The van der Waals surface area contributed by atoms with Crippen LogP contribution in [0.25, 0.3) is 5.57 Å². The number of aromatic nitrogens is 1. The predicted octanol–water partition coefficient (Wildman–Crippen LogP) is 1.27. The molecule has 0 unspecified atom stereocenters. The predicted molar refractivity (Wildman–Crippen MR) is 70.0 cm³/mol. The molecule has 1 aromatic heterocycles. The van der Waals surface area contributed by atoms with Gasteiger partial charge in [-0.1, -0.05) is 6.08 Å². The van der Waals surface area contributed by atoms with Gasteiger partial charge in [0.1, 0.15) is 5.69 Å². The van der Waals surface area contributed by atoms with E-state index in [1.165, 1.54) is 5.57 Å². The quantitative estimate of drug-likeness (QED) is 0.886. The van der Waals surface area contributed by atoms with Crippen molar-refractivity contribution in [2.24, 2.45) is 0 Å². The van der Waals surface area contributed by atoms with Gasteiger partial charge < -0.3 is 9.84 Å². The van der Waals surface area contributed by atoms with E-state index in [0.29, 0.717) is 6.04 Å². The van der Waals surface area contributed by atoms with Gasteiger partial charge in [0.05, 0.1) is 19.3 Å². The highest BCUT2D eigenvalue weighted by atomic mass is 16.5. The van der Waals surface area contributed by atoms with Crippen molar-refractivity contribution < 1.29 is 14.6 Å². The molecule has 5 nitrogen and oxygen atoms in total. The average Bonchev–Trinajstić information content (AvgIpc) is 2.37. The van der Waals surface area contributed by atoms with Crippen LogP contribution in [0, 0.1) is 0 Å². The number of nitrogens with zero attached hydrogens (tertiary/aromatic N) is 2. The molecule has 0 atom stereocenters. The second kappa shape index (κ2) is 5.11. The fourth-order valence-electron chi connectivity index (χ4n) is 2.47. The SMILES string of the molecule is O=C(O)c1cc(C2=CCCN(C3COC3)C2)ccn1. The van der Waals surface area contributed by atoms with Crippen LogP contribution in [-0.4, -0.2) is 53.3 Å². The van der Waals surface area contributed by atoms with Crippen molar-refractivity contribution in [2.45, 2.75) is 12.5 Å². The van der Waals surface area contributed by atoms with Crippen LogP contribution in [0.4, 0.5) is 0 Å².